The van der Waals surface area contributed by atoms with E-state index in [1.165, 1.54) is 6.07 Å². The zero-order valence-electron chi connectivity index (χ0n) is 6.39. The molecule has 0 bridgehead atoms. The minimum Gasteiger partial charge on any atom is -0.252 e. The Morgan fingerprint density at radius 1 is 1.38 bits per heavy atom. The van der Waals surface area contributed by atoms with Crippen LogP contribution < -0.4 is 0 Å². The first-order valence-electron chi connectivity index (χ1n) is 3.58. The van der Waals surface area contributed by atoms with E-state index in [2.05, 4.69) is 43.5 Å². The third-order valence-corrected chi connectivity index (χ3v) is 4.15. The highest BCUT2D eigenvalue weighted by molar-refractivity contribution is 14.1. The molecule has 0 saturated carbocycles. The van der Waals surface area contributed by atoms with Gasteiger partial charge in [0.05, 0.1) is 0 Å². The molecule has 0 aliphatic heterocycles. The summed E-state index contributed by atoms with van der Waals surface area (Å²) in [5.41, 5.74) is 0.412. The van der Waals surface area contributed by atoms with E-state index in [4.69, 9.17) is 0 Å². The molecule has 0 aliphatic carbocycles. The molecule has 13 heavy (non-hydrogen) atoms. The Hall–Kier alpha value is -0.230. The molecule has 0 amide bonds. The first-order valence-corrected chi connectivity index (χ1v) is 5.45. The highest BCUT2D eigenvalue weighted by Crippen LogP contribution is 2.28. The average Bonchev–Trinajstić information content (AvgIpc) is 2.12. The third-order valence-electron chi connectivity index (χ3n) is 1.74. The van der Waals surface area contributed by atoms with Gasteiger partial charge in [0.1, 0.15) is 11.3 Å². The fraction of sp³-hybridized carbons (Fsp3) is 0. The molecule has 66 valence electrons. The van der Waals surface area contributed by atoms with Crippen LogP contribution in [-0.4, -0.2) is 4.98 Å². The molecule has 0 unspecified atom stereocenters. The van der Waals surface area contributed by atoms with E-state index in [9.17, 15) is 4.39 Å². The molecule has 1 aromatic carbocycles. The molecule has 4 heteroatoms. The molecule has 0 atom stereocenters. The van der Waals surface area contributed by atoms with E-state index < -0.39 is 0 Å². The number of fused-ring (bicyclic) bond motifs is 1. The van der Waals surface area contributed by atoms with Gasteiger partial charge in [-0.3, -0.25) is 4.98 Å². The number of hydrogen-bond donors (Lipinski definition) is 0. The van der Waals surface area contributed by atoms with E-state index in [-0.39, 0.29) is 5.82 Å². The smallest absolute Gasteiger partial charge is 0.149 e. The van der Waals surface area contributed by atoms with Crippen molar-refractivity contribution in [3.63, 3.8) is 0 Å². The van der Waals surface area contributed by atoms with Gasteiger partial charge in [0.25, 0.3) is 0 Å². The van der Waals surface area contributed by atoms with Crippen LogP contribution >= 0.6 is 38.5 Å². The fourth-order valence-electron chi connectivity index (χ4n) is 1.13. The summed E-state index contributed by atoms with van der Waals surface area (Å²) < 4.78 is 15.1. The Balaban J connectivity index is 2.94. The number of pyridine rings is 1. The minimum absolute atomic E-state index is 0.283. The predicted octanol–water partition coefficient (Wildman–Crippen LogP) is 3.74. The van der Waals surface area contributed by atoms with Crippen LogP contribution in [0.4, 0.5) is 4.39 Å². The molecular formula is C9H4BrFIN. The van der Waals surface area contributed by atoms with Crippen LogP contribution in [0.3, 0.4) is 0 Å². The average molecular weight is 352 g/mol. The highest BCUT2D eigenvalue weighted by atomic mass is 127. The quantitative estimate of drug-likeness (QED) is 0.659. The summed E-state index contributed by atoms with van der Waals surface area (Å²) in [6.07, 6.45) is 1.65. The van der Waals surface area contributed by atoms with Crippen molar-refractivity contribution in [2.24, 2.45) is 0 Å². The highest BCUT2D eigenvalue weighted by Gasteiger charge is 2.06. The summed E-state index contributed by atoms with van der Waals surface area (Å²) in [6.45, 7) is 0. The van der Waals surface area contributed by atoms with Crippen molar-refractivity contribution in [3.05, 3.63) is 38.3 Å². The van der Waals surface area contributed by atoms with Gasteiger partial charge < -0.3 is 0 Å². The Morgan fingerprint density at radius 2 is 2.15 bits per heavy atom. The summed E-state index contributed by atoms with van der Waals surface area (Å²) in [6, 6.07) is 4.94. The predicted molar refractivity (Wildman–Crippen MR) is 62.1 cm³/mol. The molecule has 1 nitrogen and oxygen atoms in total. The largest absolute Gasteiger partial charge is 0.252 e. The molecule has 0 saturated heterocycles. The molecular weight excluding hydrogens is 348 g/mol. The van der Waals surface area contributed by atoms with E-state index in [0.717, 1.165) is 13.4 Å². The standard InChI is InChI=1S/C9H4BrFIN/c10-8-5-2-1-3-6(11)9(5)13-4-7(8)12/h1-4H. The lowest BCUT2D eigenvalue weighted by atomic mass is 10.2. The topological polar surface area (TPSA) is 12.9 Å². The van der Waals surface area contributed by atoms with Crippen LogP contribution in [0.1, 0.15) is 0 Å². The van der Waals surface area contributed by atoms with Gasteiger partial charge in [-0.15, -0.1) is 0 Å². The zero-order valence-corrected chi connectivity index (χ0v) is 10.1. The Kier molecular flexibility index (Phi) is 2.51. The van der Waals surface area contributed by atoms with Crippen LogP contribution in [0.15, 0.2) is 28.9 Å². The van der Waals surface area contributed by atoms with Crippen molar-refractivity contribution in [1.29, 1.82) is 0 Å². The summed E-state index contributed by atoms with van der Waals surface area (Å²) in [4.78, 5) is 4.03. The van der Waals surface area contributed by atoms with Crippen LogP contribution in [0.2, 0.25) is 0 Å². The first-order chi connectivity index (χ1) is 6.20. The number of hydrogen-bond acceptors (Lipinski definition) is 1. The second kappa shape index (κ2) is 3.49. The summed E-state index contributed by atoms with van der Waals surface area (Å²) >= 11 is 5.55. The van der Waals surface area contributed by atoms with Gasteiger partial charge in [-0.1, -0.05) is 12.1 Å². The lowest BCUT2D eigenvalue weighted by Crippen LogP contribution is -1.87. The second-order valence-corrected chi connectivity index (χ2v) is 4.51. The Bertz CT molecular complexity index is 472. The molecule has 0 N–H and O–H groups in total. The van der Waals surface area contributed by atoms with Crippen LogP contribution in [-0.2, 0) is 0 Å². The van der Waals surface area contributed by atoms with Gasteiger partial charge >= 0.3 is 0 Å². The van der Waals surface area contributed by atoms with E-state index >= 15 is 0 Å². The third kappa shape index (κ3) is 1.57. The number of aromatic nitrogens is 1. The monoisotopic (exact) mass is 351 g/mol. The summed E-state index contributed by atoms with van der Waals surface area (Å²) in [5, 5.41) is 0.812. The van der Waals surface area contributed by atoms with Crippen molar-refractivity contribution in [2.45, 2.75) is 0 Å². The number of benzene rings is 1. The Morgan fingerprint density at radius 3 is 2.92 bits per heavy atom. The molecule has 0 spiro atoms. The van der Waals surface area contributed by atoms with Crippen molar-refractivity contribution in [3.8, 4) is 0 Å². The number of halogens is 3. The maximum Gasteiger partial charge on any atom is 0.149 e. The maximum atomic E-state index is 13.2. The minimum atomic E-state index is -0.283. The van der Waals surface area contributed by atoms with E-state index in [1.54, 1.807) is 12.3 Å². The van der Waals surface area contributed by atoms with Crippen LogP contribution in [0.25, 0.3) is 10.9 Å². The molecule has 2 aromatic rings. The lowest BCUT2D eigenvalue weighted by Gasteiger charge is -2.02. The van der Waals surface area contributed by atoms with Gasteiger partial charge in [0.2, 0.25) is 0 Å². The van der Waals surface area contributed by atoms with Gasteiger partial charge in [-0.25, -0.2) is 4.39 Å². The van der Waals surface area contributed by atoms with Crippen molar-refractivity contribution in [1.82, 2.24) is 4.98 Å². The van der Waals surface area contributed by atoms with Crippen LogP contribution in [0, 0.1) is 9.39 Å². The SMILES string of the molecule is Fc1cccc2c(Br)c(I)cnc12. The van der Waals surface area contributed by atoms with E-state index in [0.29, 0.717) is 5.52 Å². The number of nitrogens with zero attached hydrogens (tertiary/aromatic N) is 1. The number of para-hydroxylation sites is 1. The summed E-state index contributed by atoms with van der Waals surface area (Å²) in [7, 11) is 0. The van der Waals surface area contributed by atoms with Gasteiger partial charge in [0, 0.05) is 19.6 Å². The fourth-order valence-corrected chi connectivity index (χ4v) is 1.98. The second-order valence-electron chi connectivity index (χ2n) is 2.56. The summed E-state index contributed by atoms with van der Waals surface area (Å²) in [5.74, 6) is -0.283. The first kappa shape index (κ1) is 9.33. The van der Waals surface area contributed by atoms with Gasteiger partial charge in [-0.05, 0) is 44.6 Å². The lowest BCUT2D eigenvalue weighted by molar-refractivity contribution is 0.636. The van der Waals surface area contributed by atoms with Gasteiger partial charge in [-0.2, -0.15) is 0 Å². The molecule has 1 heterocycles. The van der Waals surface area contributed by atoms with Crippen LogP contribution in [0.5, 0.6) is 0 Å². The molecule has 0 fully saturated rings. The maximum absolute atomic E-state index is 13.2. The molecule has 0 radical (unpaired) electrons. The number of rotatable bonds is 0. The normalized spacial score (nSPS) is 10.7. The van der Waals surface area contributed by atoms with Crippen molar-refractivity contribution < 1.29 is 4.39 Å². The molecule has 2 rings (SSSR count). The molecule has 1 aromatic heterocycles. The van der Waals surface area contributed by atoms with E-state index in [1.807, 2.05) is 6.07 Å². The van der Waals surface area contributed by atoms with Crippen molar-refractivity contribution in [2.75, 3.05) is 0 Å². The Labute approximate surface area is 96.6 Å². The zero-order chi connectivity index (χ0) is 9.42. The molecule has 0 aliphatic rings. The van der Waals surface area contributed by atoms with Gasteiger partial charge in [0.15, 0.2) is 0 Å². The van der Waals surface area contributed by atoms with Crippen molar-refractivity contribution >= 4 is 49.4 Å².